The molecule has 53 heavy (non-hydrogen) atoms. The van der Waals surface area contributed by atoms with Gasteiger partial charge in [0.1, 0.15) is 11.2 Å². The number of rotatable bonds is 6. The van der Waals surface area contributed by atoms with Crippen LogP contribution in [0.5, 0.6) is 0 Å². The van der Waals surface area contributed by atoms with Crippen LogP contribution < -0.4 is 4.90 Å². The lowest BCUT2D eigenvalue weighted by Gasteiger charge is -2.28. The minimum atomic E-state index is -0.148. The van der Waals surface area contributed by atoms with Crippen LogP contribution in [0, 0.1) is 0 Å². The smallest absolute Gasteiger partial charge is 0.164 e. The fourth-order valence-corrected chi connectivity index (χ4v) is 7.93. The van der Waals surface area contributed by atoms with E-state index in [1.807, 2.05) is 78.9 Å². The molecule has 1 aliphatic rings. The van der Waals surface area contributed by atoms with Crippen molar-refractivity contribution in [2.75, 3.05) is 4.90 Å². The summed E-state index contributed by atoms with van der Waals surface area (Å²) in [6, 6.07) is 58.9. The number of nitrogens with zero attached hydrogens (tertiary/aromatic N) is 4. The van der Waals surface area contributed by atoms with E-state index in [1.165, 1.54) is 22.3 Å². The minimum Gasteiger partial charge on any atom is -0.456 e. The van der Waals surface area contributed by atoms with E-state index in [2.05, 4.69) is 110 Å². The van der Waals surface area contributed by atoms with E-state index in [0.29, 0.717) is 17.5 Å². The molecule has 9 aromatic rings. The average Bonchev–Trinajstić information content (AvgIpc) is 3.70. The molecule has 2 aromatic heterocycles. The quantitative estimate of drug-likeness (QED) is 0.175. The number of para-hydroxylation sites is 2. The number of furan rings is 1. The summed E-state index contributed by atoms with van der Waals surface area (Å²) >= 11 is 0. The lowest BCUT2D eigenvalue weighted by atomic mass is 9.82. The van der Waals surface area contributed by atoms with Gasteiger partial charge in [-0.1, -0.05) is 141 Å². The van der Waals surface area contributed by atoms with Gasteiger partial charge < -0.3 is 9.32 Å². The average molecular weight is 683 g/mol. The van der Waals surface area contributed by atoms with Crippen LogP contribution in [0.15, 0.2) is 174 Å². The molecule has 5 nitrogen and oxygen atoms in total. The second-order valence-corrected chi connectivity index (χ2v) is 14.1. The largest absolute Gasteiger partial charge is 0.456 e. The highest BCUT2D eigenvalue weighted by molar-refractivity contribution is 6.13. The molecule has 2 heterocycles. The van der Waals surface area contributed by atoms with Gasteiger partial charge in [-0.3, -0.25) is 0 Å². The standard InChI is InChI=1S/C48H34N4O/c1-48(2)40-24-14-12-22-36(40)37-27-26-34(29-41(37)48)52(33-20-10-5-11-21-33)35-28-39(44-38-23-13-15-25-42(38)53-43(44)30-35)47-50-45(31-16-6-3-7-17-31)49-46(51-47)32-18-8-4-9-19-32/h3-30H,1-2H3. The highest BCUT2D eigenvalue weighted by Crippen LogP contribution is 2.51. The van der Waals surface area contributed by atoms with Crippen LogP contribution in [0.4, 0.5) is 17.1 Å². The zero-order chi connectivity index (χ0) is 35.5. The Kier molecular flexibility index (Phi) is 7.08. The van der Waals surface area contributed by atoms with Crippen molar-refractivity contribution in [3.63, 3.8) is 0 Å². The third-order valence-corrected chi connectivity index (χ3v) is 10.5. The van der Waals surface area contributed by atoms with Gasteiger partial charge in [0.15, 0.2) is 17.5 Å². The third-order valence-electron chi connectivity index (χ3n) is 10.5. The fraction of sp³-hybridized carbons (Fsp3) is 0.0625. The monoisotopic (exact) mass is 682 g/mol. The van der Waals surface area contributed by atoms with Gasteiger partial charge in [0.2, 0.25) is 0 Å². The van der Waals surface area contributed by atoms with Crippen molar-refractivity contribution in [3.05, 3.63) is 181 Å². The van der Waals surface area contributed by atoms with E-state index in [0.717, 1.165) is 55.7 Å². The molecule has 1 aliphatic carbocycles. The van der Waals surface area contributed by atoms with Crippen LogP contribution in [0.25, 0.3) is 67.2 Å². The molecule has 0 saturated heterocycles. The highest BCUT2D eigenvalue weighted by Gasteiger charge is 2.36. The molecule has 252 valence electrons. The maximum atomic E-state index is 6.66. The van der Waals surface area contributed by atoms with E-state index in [4.69, 9.17) is 19.4 Å². The van der Waals surface area contributed by atoms with Crippen LogP contribution in [-0.4, -0.2) is 15.0 Å². The van der Waals surface area contributed by atoms with E-state index >= 15 is 0 Å². The van der Waals surface area contributed by atoms with Crippen molar-refractivity contribution in [1.29, 1.82) is 0 Å². The van der Waals surface area contributed by atoms with Crippen molar-refractivity contribution in [2.24, 2.45) is 0 Å². The number of anilines is 3. The van der Waals surface area contributed by atoms with E-state index < -0.39 is 0 Å². The van der Waals surface area contributed by atoms with Crippen molar-refractivity contribution in [1.82, 2.24) is 15.0 Å². The Labute approximate surface area is 307 Å². The number of hydrogen-bond acceptors (Lipinski definition) is 5. The number of benzene rings is 7. The van der Waals surface area contributed by atoms with Gasteiger partial charge in [-0.05, 0) is 58.7 Å². The Hall–Kier alpha value is -6.85. The second-order valence-electron chi connectivity index (χ2n) is 14.1. The maximum Gasteiger partial charge on any atom is 0.164 e. The van der Waals surface area contributed by atoms with Crippen molar-refractivity contribution >= 4 is 39.0 Å². The lowest BCUT2D eigenvalue weighted by molar-refractivity contribution is 0.660. The van der Waals surface area contributed by atoms with Crippen molar-refractivity contribution in [3.8, 4) is 45.3 Å². The third kappa shape index (κ3) is 5.12. The fourth-order valence-electron chi connectivity index (χ4n) is 7.93. The van der Waals surface area contributed by atoms with Crippen LogP contribution >= 0.6 is 0 Å². The molecule has 0 bridgehead atoms. The molecule has 0 radical (unpaired) electrons. The van der Waals surface area contributed by atoms with Crippen LogP contribution in [0.3, 0.4) is 0 Å². The number of fused-ring (bicyclic) bond motifs is 6. The predicted octanol–water partition coefficient (Wildman–Crippen LogP) is 12.5. The minimum absolute atomic E-state index is 0.148. The van der Waals surface area contributed by atoms with Gasteiger partial charge in [-0.15, -0.1) is 0 Å². The molecule has 10 rings (SSSR count). The molecular weight excluding hydrogens is 649 g/mol. The zero-order valence-electron chi connectivity index (χ0n) is 29.4. The summed E-state index contributed by atoms with van der Waals surface area (Å²) in [5.41, 5.74) is 12.4. The summed E-state index contributed by atoms with van der Waals surface area (Å²) in [7, 11) is 0. The Bertz CT molecular complexity index is 2750. The van der Waals surface area contributed by atoms with Gasteiger partial charge in [0.05, 0.1) is 5.69 Å². The first-order valence-corrected chi connectivity index (χ1v) is 18.0. The Morgan fingerprint density at radius 1 is 0.434 bits per heavy atom. The molecular formula is C48H34N4O. The van der Waals surface area contributed by atoms with Crippen LogP contribution in [-0.2, 0) is 5.41 Å². The normalized spacial score (nSPS) is 12.9. The van der Waals surface area contributed by atoms with Crippen molar-refractivity contribution in [2.45, 2.75) is 19.3 Å². The lowest BCUT2D eigenvalue weighted by Crippen LogP contribution is -2.16. The first kappa shape index (κ1) is 30.9. The van der Waals surface area contributed by atoms with E-state index in [1.54, 1.807) is 0 Å². The predicted molar refractivity (Wildman–Crippen MR) is 216 cm³/mol. The van der Waals surface area contributed by atoms with Gasteiger partial charge in [0.25, 0.3) is 0 Å². The van der Waals surface area contributed by atoms with Gasteiger partial charge in [-0.25, -0.2) is 15.0 Å². The maximum absolute atomic E-state index is 6.66. The first-order chi connectivity index (χ1) is 26.0. The van der Waals surface area contributed by atoms with E-state index in [-0.39, 0.29) is 5.41 Å². The van der Waals surface area contributed by atoms with Gasteiger partial charge >= 0.3 is 0 Å². The Morgan fingerprint density at radius 3 is 1.74 bits per heavy atom. The molecule has 0 aliphatic heterocycles. The Morgan fingerprint density at radius 2 is 1.02 bits per heavy atom. The van der Waals surface area contributed by atoms with Gasteiger partial charge in [0, 0.05) is 50.3 Å². The molecule has 0 atom stereocenters. The summed E-state index contributed by atoms with van der Waals surface area (Å²) in [5.74, 6) is 1.80. The molecule has 0 N–H and O–H groups in total. The molecule has 5 heteroatoms. The first-order valence-electron chi connectivity index (χ1n) is 18.0. The molecule has 7 aromatic carbocycles. The molecule has 0 unspecified atom stereocenters. The molecule has 0 amide bonds. The SMILES string of the molecule is CC1(C)c2ccccc2-c2ccc(N(c3ccccc3)c3cc(-c4nc(-c5ccccc5)nc(-c5ccccc5)n4)c4c(c3)oc3ccccc34)cc21. The second kappa shape index (κ2) is 12.1. The van der Waals surface area contributed by atoms with Crippen molar-refractivity contribution < 1.29 is 4.42 Å². The summed E-state index contributed by atoms with van der Waals surface area (Å²) in [6.07, 6.45) is 0. The molecule has 0 spiro atoms. The number of hydrogen-bond donors (Lipinski definition) is 0. The van der Waals surface area contributed by atoms with E-state index in [9.17, 15) is 0 Å². The number of aromatic nitrogens is 3. The summed E-state index contributed by atoms with van der Waals surface area (Å²) in [4.78, 5) is 17.7. The van der Waals surface area contributed by atoms with Crippen LogP contribution in [0.1, 0.15) is 25.0 Å². The summed E-state index contributed by atoms with van der Waals surface area (Å²) in [5, 5.41) is 1.97. The molecule has 0 fully saturated rings. The topological polar surface area (TPSA) is 55.1 Å². The Balaban J connectivity index is 1.24. The summed E-state index contributed by atoms with van der Waals surface area (Å²) < 4.78 is 6.66. The summed E-state index contributed by atoms with van der Waals surface area (Å²) in [6.45, 7) is 4.64. The zero-order valence-corrected chi connectivity index (χ0v) is 29.4. The molecule has 0 saturated carbocycles. The highest BCUT2D eigenvalue weighted by atomic mass is 16.3. The van der Waals surface area contributed by atoms with Gasteiger partial charge in [-0.2, -0.15) is 0 Å². The van der Waals surface area contributed by atoms with Crippen LogP contribution in [0.2, 0.25) is 0 Å².